The number of nitrogens with one attached hydrogen (secondary N) is 2. The number of amides is 1. The van der Waals surface area contributed by atoms with E-state index in [-0.39, 0.29) is 11.9 Å². The van der Waals surface area contributed by atoms with Crippen LogP contribution in [-0.4, -0.2) is 10.9 Å². The van der Waals surface area contributed by atoms with Crippen LogP contribution in [0, 0.1) is 5.92 Å². The minimum Gasteiger partial charge on any atom is -0.360 e. The van der Waals surface area contributed by atoms with Crippen LogP contribution in [0.3, 0.4) is 0 Å². The van der Waals surface area contributed by atoms with Gasteiger partial charge in [-0.2, -0.15) is 0 Å². The molecule has 0 saturated carbocycles. The van der Waals surface area contributed by atoms with E-state index in [1.165, 1.54) is 0 Å². The first kappa shape index (κ1) is 14.4. The van der Waals surface area contributed by atoms with Crippen LogP contribution in [0.4, 0.5) is 0 Å². The van der Waals surface area contributed by atoms with E-state index >= 15 is 0 Å². The molecule has 112 valence electrons. The van der Waals surface area contributed by atoms with Crippen molar-refractivity contribution in [3.8, 4) is 0 Å². The number of aromatic nitrogens is 1. The molecule has 1 atom stereocenters. The summed E-state index contributed by atoms with van der Waals surface area (Å²) in [5.74, 6) is 0.275. The summed E-state index contributed by atoms with van der Waals surface area (Å²) in [6.07, 6.45) is 1.78. The van der Waals surface area contributed by atoms with Gasteiger partial charge in [0.1, 0.15) is 0 Å². The Kier molecular flexibility index (Phi) is 3.96. The lowest BCUT2D eigenvalue weighted by molar-refractivity contribution is 0.0927. The summed E-state index contributed by atoms with van der Waals surface area (Å²) in [4.78, 5) is 15.8. The molecule has 0 aliphatic rings. The quantitative estimate of drug-likeness (QED) is 0.740. The maximum atomic E-state index is 12.7. The lowest BCUT2D eigenvalue weighted by Gasteiger charge is -2.22. The molecule has 0 bridgehead atoms. The number of fused-ring (bicyclic) bond motifs is 1. The monoisotopic (exact) mass is 292 g/mol. The molecule has 2 aromatic carbocycles. The van der Waals surface area contributed by atoms with E-state index in [0.29, 0.717) is 11.5 Å². The van der Waals surface area contributed by atoms with E-state index in [9.17, 15) is 4.79 Å². The van der Waals surface area contributed by atoms with Crippen molar-refractivity contribution >= 4 is 16.8 Å². The molecular weight excluding hydrogens is 272 g/mol. The van der Waals surface area contributed by atoms with Crippen LogP contribution >= 0.6 is 0 Å². The highest BCUT2D eigenvalue weighted by Gasteiger charge is 2.20. The Hall–Kier alpha value is -2.55. The second kappa shape index (κ2) is 6.06. The van der Waals surface area contributed by atoms with Gasteiger partial charge in [0.15, 0.2) is 0 Å². The van der Waals surface area contributed by atoms with Crippen molar-refractivity contribution in [2.75, 3.05) is 0 Å². The van der Waals surface area contributed by atoms with Gasteiger partial charge in [0.2, 0.25) is 0 Å². The second-order valence-corrected chi connectivity index (χ2v) is 5.85. The zero-order valence-electron chi connectivity index (χ0n) is 12.8. The van der Waals surface area contributed by atoms with Gasteiger partial charge < -0.3 is 10.3 Å². The van der Waals surface area contributed by atoms with Crippen molar-refractivity contribution in [2.45, 2.75) is 19.9 Å². The Morgan fingerprint density at radius 1 is 1.00 bits per heavy atom. The van der Waals surface area contributed by atoms with E-state index in [0.717, 1.165) is 16.5 Å². The molecule has 3 rings (SSSR count). The van der Waals surface area contributed by atoms with Crippen molar-refractivity contribution < 1.29 is 4.79 Å². The van der Waals surface area contributed by atoms with Crippen LogP contribution < -0.4 is 5.32 Å². The highest BCUT2D eigenvalue weighted by atomic mass is 16.1. The SMILES string of the molecule is CC(C)C(NC(=O)c1c[nH]c2ccccc12)c1ccccc1. The topological polar surface area (TPSA) is 44.9 Å². The maximum Gasteiger partial charge on any atom is 0.253 e. The third kappa shape index (κ3) is 2.75. The lowest BCUT2D eigenvalue weighted by atomic mass is 9.95. The molecule has 2 N–H and O–H groups in total. The van der Waals surface area contributed by atoms with Crippen LogP contribution in [0.1, 0.15) is 35.8 Å². The molecule has 3 aromatic rings. The largest absolute Gasteiger partial charge is 0.360 e. The van der Waals surface area contributed by atoms with Gasteiger partial charge in [-0.1, -0.05) is 62.4 Å². The van der Waals surface area contributed by atoms with Gasteiger partial charge >= 0.3 is 0 Å². The second-order valence-electron chi connectivity index (χ2n) is 5.85. The minimum atomic E-state index is -0.0417. The predicted molar refractivity (Wildman–Crippen MR) is 89.8 cm³/mol. The number of rotatable bonds is 4. The first-order chi connectivity index (χ1) is 10.7. The number of H-pyrrole nitrogens is 1. The lowest BCUT2D eigenvalue weighted by Crippen LogP contribution is -2.31. The molecule has 0 fully saturated rings. The molecule has 0 radical (unpaired) electrons. The number of para-hydroxylation sites is 1. The van der Waals surface area contributed by atoms with E-state index < -0.39 is 0 Å². The summed E-state index contributed by atoms with van der Waals surface area (Å²) >= 11 is 0. The van der Waals surface area contributed by atoms with Gasteiger partial charge in [0.25, 0.3) is 5.91 Å². The summed E-state index contributed by atoms with van der Waals surface area (Å²) in [5, 5.41) is 4.12. The van der Waals surface area contributed by atoms with Crippen molar-refractivity contribution in [1.29, 1.82) is 0 Å². The average molecular weight is 292 g/mol. The summed E-state index contributed by atoms with van der Waals surface area (Å²) in [6, 6.07) is 18.0. The van der Waals surface area contributed by atoms with Crippen molar-refractivity contribution in [2.24, 2.45) is 5.92 Å². The third-order valence-corrected chi connectivity index (χ3v) is 3.95. The number of hydrogen-bond acceptors (Lipinski definition) is 1. The normalized spacial score (nSPS) is 12.5. The zero-order chi connectivity index (χ0) is 15.5. The molecule has 0 spiro atoms. The summed E-state index contributed by atoms with van der Waals surface area (Å²) in [6.45, 7) is 4.24. The van der Waals surface area contributed by atoms with Gasteiger partial charge in [0.05, 0.1) is 11.6 Å². The highest BCUT2D eigenvalue weighted by Crippen LogP contribution is 2.23. The van der Waals surface area contributed by atoms with Gasteiger partial charge in [-0.15, -0.1) is 0 Å². The first-order valence-electron chi connectivity index (χ1n) is 7.58. The molecule has 0 aliphatic heterocycles. The number of carbonyl (C=O) groups is 1. The first-order valence-corrected chi connectivity index (χ1v) is 7.58. The molecule has 1 unspecified atom stereocenters. The Balaban J connectivity index is 1.89. The number of benzene rings is 2. The minimum absolute atomic E-state index is 0.00219. The fourth-order valence-corrected chi connectivity index (χ4v) is 2.77. The fraction of sp³-hybridized carbons (Fsp3) is 0.211. The summed E-state index contributed by atoms with van der Waals surface area (Å²) in [7, 11) is 0. The Bertz CT molecular complexity index is 774. The molecule has 1 amide bonds. The number of hydrogen-bond donors (Lipinski definition) is 2. The van der Waals surface area contributed by atoms with E-state index in [2.05, 4.69) is 36.3 Å². The molecule has 1 aromatic heterocycles. The molecule has 0 aliphatic carbocycles. The van der Waals surface area contributed by atoms with E-state index in [1.54, 1.807) is 6.20 Å². The molecule has 22 heavy (non-hydrogen) atoms. The molecular formula is C19H20N2O. The van der Waals surface area contributed by atoms with Gasteiger partial charge in [0, 0.05) is 17.1 Å². The predicted octanol–water partition coefficient (Wildman–Crippen LogP) is 4.30. The van der Waals surface area contributed by atoms with Crippen LogP contribution in [0.5, 0.6) is 0 Å². The molecule has 3 nitrogen and oxygen atoms in total. The van der Waals surface area contributed by atoms with Gasteiger partial charge in [-0.3, -0.25) is 4.79 Å². The molecule has 3 heteroatoms. The smallest absolute Gasteiger partial charge is 0.253 e. The Morgan fingerprint density at radius 3 is 2.41 bits per heavy atom. The Labute approximate surface area is 130 Å². The van der Waals surface area contributed by atoms with Gasteiger partial charge in [-0.05, 0) is 17.5 Å². The summed E-state index contributed by atoms with van der Waals surface area (Å²) < 4.78 is 0. The van der Waals surface area contributed by atoms with E-state index in [4.69, 9.17) is 0 Å². The van der Waals surface area contributed by atoms with Crippen molar-refractivity contribution in [3.63, 3.8) is 0 Å². The molecule has 1 heterocycles. The summed E-state index contributed by atoms with van der Waals surface area (Å²) in [5.41, 5.74) is 2.80. The third-order valence-electron chi connectivity index (χ3n) is 3.95. The van der Waals surface area contributed by atoms with Crippen LogP contribution in [0.15, 0.2) is 60.8 Å². The standard InChI is InChI=1S/C19H20N2O/c1-13(2)18(14-8-4-3-5-9-14)21-19(22)16-12-20-17-11-7-6-10-15(16)17/h3-13,18,20H,1-2H3,(H,21,22). The van der Waals surface area contributed by atoms with Crippen molar-refractivity contribution in [1.82, 2.24) is 10.3 Å². The zero-order valence-corrected chi connectivity index (χ0v) is 12.8. The Morgan fingerprint density at radius 2 is 1.68 bits per heavy atom. The maximum absolute atomic E-state index is 12.7. The number of aromatic amines is 1. The van der Waals surface area contributed by atoms with Gasteiger partial charge in [-0.25, -0.2) is 0 Å². The molecule has 0 saturated heterocycles. The van der Waals surface area contributed by atoms with Crippen LogP contribution in [-0.2, 0) is 0 Å². The van der Waals surface area contributed by atoms with Crippen LogP contribution in [0.2, 0.25) is 0 Å². The van der Waals surface area contributed by atoms with Crippen LogP contribution in [0.25, 0.3) is 10.9 Å². The number of carbonyl (C=O) groups excluding carboxylic acids is 1. The average Bonchev–Trinajstić information content (AvgIpc) is 2.97. The van der Waals surface area contributed by atoms with E-state index in [1.807, 2.05) is 42.5 Å². The fourth-order valence-electron chi connectivity index (χ4n) is 2.77. The highest BCUT2D eigenvalue weighted by molar-refractivity contribution is 6.06. The van der Waals surface area contributed by atoms with Crippen molar-refractivity contribution in [3.05, 3.63) is 71.9 Å².